The summed E-state index contributed by atoms with van der Waals surface area (Å²) in [5.74, 6) is 0. The third kappa shape index (κ3) is 5.86. The van der Waals surface area contributed by atoms with E-state index in [1.54, 1.807) is 0 Å². The van der Waals surface area contributed by atoms with Crippen molar-refractivity contribution in [1.29, 1.82) is 0 Å². The van der Waals surface area contributed by atoms with Crippen molar-refractivity contribution in [3.05, 3.63) is 0 Å². The lowest BCUT2D eigenvalue weighted by molar-refractivity contribution is 0.177. The van der Waals surface area contributed by atoms with E-state index in [1.165, 1.54) is 71.0 Å². The van der Waals surface area contributed by atoms with Crippen LogP contribution in [0.4, 0.5) is 0 Å². The number of hydrogen-bond acceptors (Lipinski definition) is 2. The molecule has 1 aliphatic rings. The molecule has 1 heterocycles. The SMILES string of the molecule is CCCCCCCCCCN(C)C1CNC1. The van der Waals surface area contributed by atoms with Crippen LogP contribution in [0.15, 0.2) is 0 Å². The number of nitrogens with zero attached hydrogens (tertiary/aromatic N) is 1. The molecule has 0 amide bonds. The summed E-state index contributed by atoms with van der Waals surface area (Å²) in [7, 11) is 2.27. The third-order valence-corrected chi connectivity index (χ3v) is 3.75. The number of nitrogens with one attached hydrogen (secondary N) is 1. The molecule has 0 unspecified atom stereocenters. The minimum Gasteiger partial charge on any atom is -0.314 e. The first-order valence-electron chi connectivity index (χ1n) is 7.25. The van der Waals surface area contributed by atoms with Gasteiger partial charge in [0.2, 0.25) is 0 Å². The Kier molecular flexibility index (Phi) is 7.87. The Morgan fingerprint density at radius 3 is 2.00 bits per heavy atom. The van der Waals surface area contributed by atoms with Crippen molar-refractivity contribution in [3.63, 3.8) is 0 Å². The van der Waals surface area contributed by atoms with Crippen LogP contribution in [-0.4, -0.2) is 37.6 Å². The van der Waals surface area contributed by atoms with Gasteiger partial charge in [-0.15, -0.1) is 0 Å². The molecule has 0 radical (unpaired) electrons. The Balaban J connectivity index is 1.77. The zero-order chi connectivity index (χ0) is 11.6. The summed E-state index contributed by atoms with van der Waals surface area (Å²) in [5, 5.41) is 3.33. The van der Waals surface area contributed by atoms with Crippen molar-refractivity contribution in [2.24, 2.45) is 0 Å². The molecule has 2 nitrogen and oxygen atoms in total. The minimum absolute atomic E-state index is 0.824. The maximum atomic E-state index is 3.33. The molecule has 1 saturated heterocycles. The van der Waals surface area contributed by atoms with Crippen LogP contribution in [-0.2, 0) is 0 Å². The maximum absolute atomic E-state index is 3.33. The number of rotatable bonds is 10. The summed E-state index contributed by atoms with van der Waals surface area (Å²) in [4.78, 5) is 2.52. The summed E-state index contributed by atoms with van der Waals surface area (Å²) in [5.41, 5.74) is 0. The van der Waals surface area contributed by atoms with Crippen molar-refractivity contribution < 1.29 is 0 Å². The summed E-state index contributed by atoms with van der Waals surface area (Å²) >= 11 is 0. The van der Waals surface area contributed by atoms with Crippen LogP contribution in [0, 0.1) is 0 Å². The molecular formula is C14H30N2. The predicted molar refractivity (Wildman–Crippen MR) is 71.9 cm³/mol. The van der Waals surface area contributed by atoms with Gasteiger partial charge in [-0.2, -0.15) is 0 Å². The second kappa shape index (κ2) is 9.00. The van der Waals surface area contributed by atoms with Gasteiger partial charge in [0, 0.05) is 19.1 Å². The van der Waals surface area contributed by atoms with Crippen LogP contribution >= 0.6 is 0 Å². The standard InChI is InChI=1S/C14H30N2/c1-3-4-5-6-7-8-9-10-11-16(2)14-12-15-13-14/h14-15H,3-13H2,1-2H3. The van der Waals surface area contributed by atoms with Crippen molar-refractivity contribution in [1.82, 2.24) is 10.2 Å². The molecule has 0 bridgehead atoms. The predicted octanol–water partition coefficient (Wildman–Crippen LogP) is 3.03. The maximum Gasteiger partial charge on any atom is 0.0342 e. The molecule has 1 rings (SSSR count). The Labute approximate surface area is 102 Å². The topological polar surface area (TPSA) is 15.3 Å². The molecular weight excluding hydrogens is 196 g/mol. The van der Waals surface area contributed by atoms with Gasteiger partial charge in [-0.3, -0.25) is 0 Å². The average Bonchev–Trinajstić information content (AvgIpc) is 2.19. The van der Waals surface area contributed by atoms with Crippen LogP contribution in [0.5, 0.6) is 0 Å². The molecule has 2 heteroatoms. The minimum atomic E-state index is 0.824. The van der Waals surface area contributed by atoms with Crippen LogP contribution in [0.1, 0.15) is 58.3 Å². The van der Waals surface area contributed by atoms with E-state index in [4.69, 9.17) is 0 Å². The molecule has 0 aromatic carbocycles. The fraction of sp³-hybridized carbons (Fsp3) is 1.00. The highest BCUT2D eigenvalue weighted by atomic mass is 15.2. The molecule has 0 aromatic rings. The lowest BCUT2D eigenvalue weighted by Crippen LogP contribution is -2.55. The molecule has 0 spiro atoms. The second-order valence-electron chi connectivity index (χ2n) is 5.27. The van der Waals surface area contributed by atoms with Crippen molar-refractivity contribution in [2.45, 2.75) is 64.3 Å². The third-order valence-electron chi connectivity index (χ3n) is 3.75. The fourth-order valence-electron chi connectivity index (χ4n) is 2.26. The van der Waals surface area contributed by atoms with Gasteiger partial charge in [0.1, 0.15) is 0 Å². The quantitative estimate of drug-likeness (QED) is 0.576. The second-order valence-corrected chi connectivity index (χ2v) is 5.27. The Bertz CT molecular complexity index is 155. The van der Waals surface area contributed by atoms with Crippen molar-refractivity contribution in [3.8, 4) is 0 Å². The van der Waals surface area contributed by atoms with Gasteiger partial charge in [-0.05, 0) is 20.0 Å². The zero-order valence-electron chi connectivity index (χ0n) is 11.3. The van der Waals surface area contributed by atoms with Crippen LogP contribution in [0.2, 0.25) is 0 Å². The fourth-order valence-corrected chi connectivity index (χ4v) is 2.26. The van der Waals surface area contributed by atoms with E-state index in [0.29, 0.717) is 0 Å². The Morgan fingerprint density at radius 2 is 1.50 bits per heavy atom. The van der Waals surface area contributed by atoms with Gasteiger partial charge in [0.15, 0.2) is 0 Å². The molecule has 0 atom stereocenters. The molecule has 96 valence electrons. The summed E-state index contributed by atoms with van der Waals surface area (Å²) in [6, 6.07) is 0.824. The Hall–Kier alpha value is -0.0800. The Morgan fingerprint density at radius 1 is 0.938 bits per heavy atom. The van der Waals surface area contributed by atoms with E-state index >= 15 is 0 Å². The van der Waals surface area contributed by atoms with E-state index < -0.39 is 0 Å². The summed E-state index contributed by atoms with van der Waals surface area (Å²) < 4.78 is 0. The molecule has 1 aliphatic heterocycles. The van der Waals surface area contributed by atoms with Crippen LogP contribution in [0.25, 0.3) is 0 Å². The van der Waals surface area contributed by atoms with Gasteiger partial charge in [-0.1, -0.05) is 51.9 Å². The lowest BCUT2D eigenvalue weighted by atomic mass is 10.1. The molecule has 0 aliphatic carbocycles. The zero-order valence-corrected chi connectivity index (χ0v) is 11.3. The van der Waals surface area contributed by atoms with Gasteiger partial charge >= 0.3 is 0 Å². The first kappa shape index (κ1) is 14.0. The first-order valence-corrected chi connectivity index (χ1v) is 7.25. The van der Waals surface area contributed by atoms with Gasteiger partial charge < -0.3 is 10.2 Å². The van der Waals surface area contributed by atoms with Crippen molar-refractivity contribution >= 4 is 0 Å². The number of hydrogen-bond donors (Lipinski definition) is 1. The van der Waals surface area contributed by atoms with E-state index in [-0.39, 0.29) is 0 Å². The van der Waals surface area contributed by atoms with Crippen LogP contribution < -0.4 is 5.32 Å². The van der Waals surface area contributed by atoms with Crippen LogP contribution in [0.3, 0.4) is 0 Å². The average molecular weight is 226 g/mol. The molecule has 0 saturated carbocycles. The molecule has 1 fully saturated rings. The summed E-state index contributed by atoms with van der Waals surface area (Å²) in [6.45, 7) is 5.98. The monoisotopic (exact) mass is 226 g/mol. The highest BCUT2D eigenvalue weighted by Gasteiger charge is 2.20. The molecule has 0 aromatic heterocycles. The van der Waals surface area contributed by atoms with E-state index in [0.717, 1.165) is 6.04 Å². The smallest absolute Gasteiger partial charge is 0.0342 e. The molecule has 1 N–H and O–H groups in total. The highest BCUT2D eigenvalue weighted by molar-refractivity contribution is 4.82. The molecule has 16 heavy (non-hydrogen) atoms. The van der Waals surface area contributed by atoms with Crippen molar-refractivity contribution in [2.75, 3.05) is 26.7 Å². The lowest BCUT2D eigenvalue weighted by Gasteiger charge is -2.35. The number of unbranched alkanes of at least 4 members (excludes halogenated alkanes) is 7. The highest BCUT2D eigenvalue weighted by Crippen LogP contribution is 2.09. The normalized spacial score (nSPS) is 16.7. The van der Waals surface area contributed by atoms with Gasteiger partial charge in [0.05, 0.1) is 0 Å². The van der Waals surface area contributed by atoms with Gasteiger partial charge in [-0.25, -0.2) is 0 Å². The largest absolute Gasteiger partial charge is 0.314 e. The van der Waals surface area contributed by atoms with E-state index in [1.807, 2.05) is 0 Å². The van der Waals surface area contributed by atoms with E-state index in [9.17, 15) is 0 Å². The number of likely N-dealkylation sites (N-methyl/N-ethyl adjacent to an activating group) is 1. The van der Waals surface area contributed by atoms with Gasteiger partial charge in [0.25, 0.3) is 0 Å². The first-order chi connectivity index (χ1) is 7.84. The van der Waals surface area contributed by atoms with E-state index in [2.05, 4.69) is 24.2 Å². The summed E-state index contributed by atoms with van der Waals surface area (Å²) in [6.07, 6.45) is 11.4.